The molecule has 0 radical (unpaired) electrons. The monoisotopic (exact) mass is 253 g/mol. The summed E-state index contributed by atoms with van der Waals surface area (Å²) in [5, 5.41) is 0. The average molecular weight is 253 g/mol. The summed E-state index contributed by atoms with van der Waals surface area (Å²) in [6.45, 7) is 14.3. The number of rotatable bonds is 4. The highest BCUT2D eigenvalue weighted by molar-refractivity contribution is 6.00. The van der Waals surface area contributed by atoms with Gasteiger partial charge in [-0.1, -0.05) is 53.9 Å². The number of aliphatic imine (C=N–C) groups is 1. The molecule has 0 aromatic heterocycles. The molecule has 0 spiro atoms. The van der Waals surface area contributed by atoms with Crippen molar-refractivity contribution in [3.8, 4) is 0 Å². The van der Waals surface area contributed by atoms with E-state index in [4.69, 9.17) is 0 Å². The Morgan fingerprint density at radius 2 is 1.94 bits per heavy atom. The topological polar surface area (TPSA) is 29.4 Å². The summed E-state index contributed by atoms with van der Waals surface area (Å²) >= 11 is 0. The molecule has 0 aromatic carbocycles. The van der Waals surface area contributed by atoms with Crippen LogP contribution in [0.4, 0.5) is 0 Å². The van der Waals surface area contributed by atoms with E-state index in [2.05, 4.69) is 25.8 Å². The van der Waals surface area contributed by atoms with Gasteiger partial charge in [0.05, 0.1) is 6.04 Å². The molecule has 1 heterocycles. The van der Waals surface area contributed by atoms with E-state index in [9.17, 15) is 4.79 Å². The Balaban J connectivity index is 0. The zero-order chi connectivity index (χ0) is 14.6. The third kappa shape index (κ3) is 9.15. The number of allylic oxidation sites excluding steroid dienone is 1. The maximum Gasteiger partial charge on any atom is 0.157 e. The molecular formula is C16H31NO. The highest BCUT2D eigenvalue weighted by atomic mass is 16.1. The molecule has 2 atom stereocenters. The van der Waals surface area contributed by atoms with Crippen LogP contribution in [0.1, 0.15) is 67.7 Å². The van der Waals surface area contributed by atoms with E-state index in [1.807, 2.05) is 20.8 Å². The lowest BCUT2D eigenvalue weighted by Gasteiger charge is -2.02. The van der Waals surface area contributed by atoms with Crippen molar-refractivity contribution in [2.75, 3.05) is 0 Å². The number of carbonyl (C=O) groups is 1. The molecule has 106 valence electrons. The maximum atomic E-state index is 10.7. The maximum absolute atomic E-state index is 10.7. The number of nitrogens with zero attached hydrogens (tertiary/aromatic N) is 1. The Kier molecular flexibility index (Phi) is 13.5. The van der Waals surface area contributed by atoms with Gasteiger partial charge in [0.1, 0.15) is 0 Å². The quantitative estimate of drug-likeness (QED) is 0.705. The van der Waals surface area contributed by atoms with Gasteiger partial charge < -0.3 is 0 Å². The van der Waals surface area contributed by atoms with Crippen LogP contribution in [0.3, 0.4) is 0 Å². The second-order valence-electron chi connectivity index (χ2n) is 4.45. The van der Waals surface area contributed by atoms with Crippen LogP contribution >= 0.6 is 0 Å². The first-order valence-electron chi connectivity index (χ1n) is 7.27. The van der Waals surface area contributed by atoms with Crippen molar-refractivity contribution in [2.45, 2.75) is 73.8 Å². The normalized spacial score (nSPS) is 17.9. The molecule has 2 nitrogen and oxygen atoms in total. The fourth-order valence-corrected chi connectivity index (χ4v) is 1.58. The Morgan fingerprint density at radius 1 is 1.39 bits per heavy atom. The van der Waals surface area contributed by atoms with Crippen molar-refractivity contribution in [3.05, 3.63) is 11.6 Å². The molecule has 0 saturated carbocycles. The largest absolute Gasteiger partial charge is 0.295 e. The predicted molar refractivity (Wildman–Crippen MR) is 82.4 cm³/mol. The minimum absolute atomic E-state index is 0.0856. The fraction of sp³-hybridized carbons (Fsp3) is 0.750. The summed E-state index contributed by atoms with van der Waals surface area (Å²) in [4.78, 5) is 14.7. The summed E-state index contributed by atoms with van der Waals surface area (Å²) in [6.07, 6.45) is 7.54. The number of Topliss-reactive ketones (excluding diaryl/α,β-unsaturated/α-hetero) is 1. The highest BCUT2D eigenvalue weighted by Gasteiger charge is 2.13. The van der Waals surface area contributed by atoms with Gasteiger partial charge in [-0.25, -0.2) is 0 Å². The Hall–Kier alpha value is -0.920. The molecule has 0 amide bonds. The van der Waals surface area contributed by atoms with Crippen molar-refractivity contribution >= 4 is 12.0 Å². The summed E-state index contributed by atoms with van der Waals surface area (Å²) < 4.78 is 0. The van der Waals surface area contributed by atoms with E-state index >= 15 is 0 Å². The number of hydrogen-bond donors (Lipinski definition) is 0. The van der Waals surface area contributed by atoms with E-state index in [0.717, 1.165) is 11.5 Å². The molecular weight excluding hydrogens is 222 g/mol. The van der Waals surface area contributed by atoms with E-state index < -0.39 is 0 Å². The van der Waals surface area contributed by atoms with Gasteiger partial charge in [-0.2, -0.15) is 0 Å². The third-order valence-electron chi connectivity index (χ3n) is 2.90. The van der Waals surface area contributed by atoms with Gasteiger partial charge in [0.25, 0.3) is 0 Å². The van der Waals surface area contributed by atoms with Crippen LogP contribution < -0.4 is 0 Å². The van der Waals surface area contributed by atoms with Gasteiger partial charge in [0, 0.05) is 11.8 Å². The lowest BCUT2D eigenvalue weighted by atomic mass is 10.0. The van der Waals surface area contributed by atoms with Crippen LogP contribution in [-0.4, -0.2) is 18.0 Å². The lowest BCUT2D eigenvalue weighted by molar-refractivity contribution is -0.113. The van der Waals surface area contributed by atoms with Crippen LogP contribution in [0.15, 0.2) is 16.6 Å². The smallest absolute Gasteiger partial charge is 0.157 e. The average Bonchev–Trinajstić information content (AvgIpc) is 2.79. The first-order chi connectivity index (χ1) is 8.52. The summed E-state index contributed by atoms with van der Waals surface area (Å²) in [5.74, 6) is 1.07. The second kappa shape index (κ2) is 12.5. The van der Waals surface area contributed by atoms with Crippen molar-refractivity contribution in [3.63, 3.8) is 0 Å². The third-order valence-corrected chi connectivity index (χ3v) is 2.90. The molecule has 1 aliphatic heterocycles. The minimum atomic E-state index is 0.0856. The highest BCUT2D eigenvalue weighted by Crippen LogP contribution is 2.10. The van der Waals surface area contributed by atoms with Crippen LogP contribution in [0, 0.1) is 5.92 Å². The molecule has 1 rings (SSSR count). The zero-order valence-corrected chi connectivity index (χ0v) is 13.3. The number of carbonyl (C=O) groups excluding carboxylic acids is 1. The number of ketones is 1. The molecule has 0 fully saturated rings. The van der Waals surface area contributed by atoms with Crippen molar-refractivity contribution in [1.82, 2.24) is 0 Å². The Morgan fingerprint density at radius 3 is 2.11 bits per heavy atom. The van der Waals surface area contributed by atoms with Crippen molar-refractivity contribution in [1.29, 1.82) is 0 Å². The molecule has 0 aliphatic carbocycles. The summed E-state index contributed by atoms with van der Waals surface area (Å²) in [5.41, 5.74) is 0.815. The molecule has 0 aromatic rings. The molecule has 18 heavy (non-hydrogen) atoms. The predicted octanol–water partition coefficient (Wildman–Crippen LogP) is 4.83. The first kappa shape index (κ1) is 19.4. The molecule has 0 N–H and O–H groups in total. The number of hydrogen-bond acceptors (Lipinski definition) is 2. The van der Waals surface area contributed by atoms with E-state index in [1.54, 1.807) is 19.2 Å². The molecule has 1 aliphatic rings. The van der Waals surface area contributed by atoms with Crippen LogP contribution in [0.5, 0.6) is 0 Å². The van der Waals surface area contributed by atoms with Crippen molar-refractivity contribution < 1.29 is 4.79 Å². The van der Waals surface area contributed by atoms with E-state index in [1.165, 1.54) is 19.3 Å². The van der Waals surface area contributed by atoms with Gasteiger partial charge >= 0.3 is 0 Å². The lowest BCUT2D eigenvalue weighted by Crippen LogP contribution is -2.06. The molecule has 2 heteroatoms. The van der Waals surface area contributed by atoms with Gasteiger partial charge in [-0.3, -0.25) is 9.79 Å². The van der Waals surface area contributed by atoms with Gasteiger partial charge in [-0.15, -0.1) is 0 Å². The van der Waals surface area contributed by atoms with Gasteiger partial charge in [-0.05, 0) is 25.8 Å². The Bertz CT molecular complexity index is 266. The summed E-state index contributed by atoms with van der Waals surface area (Å²) in [6, 6.07) is 0.0856. The van der Waals surface area contributed by atoms with E-state index in [0.29, 0.717) is 0 Å². The fourth-order valence-electron chi connectivity index (χ4n) is 1.58. The van der Waals surface area contributed by atoms with Crippen molar-refractivity contribution in [2.24, 2.45) is 10.9 Å². The van der Waals surface area contributed by atoms with Crippen LogP contribution in [0.25, 0.3) is 0 Å². The van der Waals surface area contributed by atoms with Gasteiger partial charge in [0.2, 0.25) is 0 Å². The molecule has 0 bridgehead atoms. The van der Waals surface area contributed by atoms with Gasteiger partial charge in [0.15, 0.2) is 5.78 Å². The SMILES string of the molecule is CC.CC(=O)C1=CC=NC1C.CCCC(C)CC. The first-order valence-corrected chi connectivity index (χ1v) is 7.27. The second-order valence-corrected chi connectivity index (χ2v) is 4.45. The van der Waals surface area contributed by atoms with Crippen LogP contribution in [0.2, 0.25) is 0 Å². The zero-order valence-electron chi connectivity index (χ0n) is 13.3. The van der Waals surface area contributed by atoms with Crippen LogP contribution in [-0.2, 0) is 4.79 Å². The van der Waals surface area contributed by atoms with E-state index in [-0.39, 0.29) is 11.8 Å². The summed E-state index contributed by atoms with van der Waals surface area (Å²) in [7, 11) is 0. The molecule has 2 unspecified atom stereocenters. The minimum Gasteiger partial charge on any atom is -0.295 e. The Labute approximate surface area is 114 Å². The standard InChI is InChI=1S/C7H9NO.C7H16.C2H6/c1-5-7(6(2)9)3-4-8-5;1-4-6-7(3)5-2;1-2/h3-5H,1-2H3;7H,4-6H2,1-3H3;1-2H3. The molecule has 0 saturated heterocycles.